The van der Waals surface area contributed by atoms with Crippen LogP contribution in [-0.4, -0.2) is 51.2 Å². The maximum atomic E-state index is 12.4. The Morgan fingerprint density at radius 3 is 2.55 bits per heavy atom. The van der Waals surface area contributed by atoms with Crippen LogP contribution in [-0.2, 0) is 11.3 Å². The highest BCUT2D eigenvalue weighted by molar-refractivity contribution is 5.97. The highest BCUT2D eigenvalue weighted by Crippen LogP contribution is 2.29. The molecule has 0 bridgehead atoms. The van der Waals surface area contributed by atoms with Crippen molar-refractivity contribution in [2.75, 3.05) is 32.6 Å². The number of ether oxygens (including phenoxy) is 2. The van der Waals surface area contributed by atoms with Crippen LogP contribution in [0.3, 0.4) is 0 Å². The monoisotopic (exact) mass is 408 g/mol. The van der Waals surface area contributed by atoms with Gasteiger partial charge in [-0.1, -0.05) is 0 Å². The Morgan fingerprint density at radius 1 is 1.14 bits per heavy atom. The molecular formula is C19H22F2N4O4. The van der Waals surface area contributed by atoms with E-state index in [9.17, 15) is 18.4 Å². The Hall–Kier alpha value is -3.43. The van der Waals surface area contributed by atoms with E-state index < -0.39 is 12.5 Å². The number of nitrogens with zero attached hydrogens (tertiary/aromatic N) is 2. The van der Waals surface area contributed by atoms with Gasteiger partial charge in [-0.25, -0.2) is 4.98 Å². The predicted octanol–water partition coefficient (Wildman–Crippen LogP) is 1.80. The van der Waals surface area contributed by atoms with Crippen molar-refractivity contribution in [2.24, 2.45) is 0 Å². The average molecular weight is 408 g/mol. The zero-order valence-corrected chi connectivity index (χ0v) is 16.2. The maximum absolute atomic E-state index is 12.4. The minimum atomic E-state index is -3.01. The van der Waals surface area contributed by atoms with Crippen LogP contribution >= 0.6 is 0 Å². The van der Waals surface area contributed by atoms with Gasteiger partial charge in [0, 0.05) is 32.4 Å². The topological polar surface area (TPSA) is 92.8 Å². The van der Waals surface area contributed by atoms with Crippen LogP contribution in [0, 0.1) is 0 Å². The first kappa shape index (κ1) is 21.9. The summed E-state index contributed by atoms with van der Waals surface area (Å²) in [6.45, 7) is -2.98. The van der Waals surface area contributed by atoms with E-state index >= 15 is 0 Å². The van der Waals surface area contributed by atoms with E-state index in [2.05, 4.69) is 20.4 Å². The summed E-state index contributed by atoms with van der Waals surface area (Å²) in [7, 11) is 4.99. The molecule has 2 N–H and O–H groups in total. The smallest absolute Gasteiger partial charge is 0.387 e. The number of pyridine rings is 1. The molecule has 0 atom stereocenters. The number of carbonyl (C=O) groups is 2. The van der Waals surface area contributed by atoms with Crippen LogP contribution in [0.2, 0.25) is 0 Å². The number of methoxy groups -OCH3 is 1. The summed E-state index contributed by atoms with van der Waals surface area (Å²) < 4.78 is 34.0. The van der Waals surface area contributed by atoms with Crippen LogP contribution in [0.15, 0.2) is 36.5 Å². The minimum Gasteiger partial charge on any atom is -0.493 e. The zero-order chi connectivity index (χ0) is 21.4. The van der Waals surface area contributed by atoms with Crippen molar-refractivity contribution in [3.8, 4) is 11.5 Å². The number of hydrogen-bond acceptors (Lipinski definition) is 6. The van der Waals surface area contributed by atoms with E-state index in [1.54, 1.807) is 12.3 Å². The average Bonchev–Trinajstić information content (AvgIpc) is 2.70. The third kappa shape index (κ3) is 6.59. The normalized spacial score (nSPS) is 10.4. The van der Waals surface area contributed by atoms with Crippen molar-refractivity contribution in [1.29, 1.82) is 0 Å². The van der Waals surface area contributed by atoms with Crippen LogP contribution < -0.4 is 25.0 Å². The Morgan fingerprint density at radius 2 is 1.90 bits per heavy atom. The van der Waals surface area contributed by atoms with Crippen LogP contribution in [0.25, 0.3) is 0 Å². The number of anilines is 1. The molecule has 2 amide bonds. The van der Waals surface area contributed by atoms with Crippen molar-refractivity contribution in [2.45, 2.75) is 13.2 Å². The SMILES string of the molecule is COc1cc(C(=O)NCC(=O)NCc2ccnc(N(C)C)c2)ccc1OC(F)F. The second-order valence-corrected chi connectivity index (χ2v) is 6.12. The van der Waals surface area contributed by atoms with Crippen LogP contribution in [0.4, 0.5) is 14.6 Å². The van der Waals surface area contributed by atoms with Gasteiger partial charge in [0.05, 0.1) is 13.7 Å². The first-order valence-electron chi connectivity index (χ1n) is 8.60. The molecule has 1 aromatic carbocycles. The molecule has 0 spiro atoms. The van der Waals surface area contributed by atoms with Gasteiger partial charge in [-0.05, 0) is 35.9 Å². The van der Waals surface area contributed by atoms with Crippen molar-refractivity contribution in [3.63, 3.8) is 0 Å². The number of halogens is 2. The van der Waals surface area contributed by atoms with E-state index in [1.807, 2.05) is 25.1 Å². The molecule has 0 radical (unpaired) electrons. The van der Waals surface area contributed by atoms with Gasteiger partial charge < -0.3 is 25.0 Å². The number of amides is 2. The lowest BCUT2D eigenvalue weighted by atomic mass is 10.2. The van der Waals surface area contributed by atoms with Crippen molar-refractivity contribution < 1.29 is 27.8 Å². The van der Waals surface area contributed by atoms with Gasteiger partial charge in [0.1, 0.15) is 5.82 Å². The van der Waals surface area contributed by atoms with E-state index in [0.29, 0.717) is 0 Å². The fourth-order valence-corrected chi connectivity index (χ4v) is 2.34. The molecule has 29 heavy (non-hydrogen) atoms. The molecule has 1 aromatic heterocycles. The molecular weight excluding hydrogens is 386 g/mol. The molecule has 2 aromatic rings. The highest BCUT2D eigenvalue weighted by Gasteiger charge is 2.15. The van der Waals surface area contributed by atoms with Gasteiger partial charge in [-0.3, -0.25) is 9.59 Å². The number of carbonyl (C=O) groups excluding carboxylic acids is 2. The molecule has 0 aliphatic carbocycles. The number of aromatic nitrogens is 1. The second-order valence-electron chi connectivity index (χ2n) is 6.12. The lowest BCUT2D eigenvalue weighted by molar-refractivity contribution is -0.120. The van der Waals surface area contributed by atoms with Crippen molar-refractivity contribution >= 4 is 17.6 Å². The Bertz CT molecular complexity index is 862. The Kier molecular flexibility index (Phi) is 7.70. The van der Waals surface area contributed by atoms with Gasteiger partial charge in [0.2, 0.25) is 5.91 Å². The van der Waals surface area contributed by atoms with Crippen LogP contribution in [0.5, 0.6) is 11.5 Å². The third-order valence-corrected chi connectivity index (χ3v) is 3.81. The molecule has 0 saturated heterocycles. The fourth-order valence-electron chi connectivity index (χ4n) is 2.34. The Labute approximate surface area is 166 Å². The number of nitrogens with one attached hydrogen (secondary N) is 2. The lowest BCUT2D eigenvalue weighted by Crippen LogP contribution is -2.36. The molecule has 8 nitrogen and oxygen atoms in total. The standard InChI is InChI=1S/C19H22F2N4O4/c1-25(2)16-8-12(6-7-22-16)10-23-17(26)11-24-18(27)13-4-5-14(29-19(20)21)15(9-13)28-3/h4-9,19H,10-11H2,1-3H3,(H,23,26)(H,24,27). The predicted molar refractivity (Wildman–Crippen MR) is 102 cm³/mol. The number of hydrogen-bond donors (Lipinski definition) is 2. The quantitative estimate of drug-likeness (QED) is 0.657. The number of alkyl halides is 2. The summed E-state index contributed by atoms with van der Waals surface area (Å²) in [5, 5.41) is 5.16. The molecule has 156 valence electrons. The summed E-state index contributed by atoms with van der Waals surface area (Å²) in [5.74, 6) is -0.381. The Balaban J connectivity index is 1.88. The van der Waals surface area contributed by atoms with E-state index in [0.717, 1.165) is 11.4 Å². The first-order valence-corrected chi connectivity index (χ1v) is 8.60. The van der Waals surface area contributed by atoms with Gasteiger partial charge in [0.15, 0.2) is 11.5 Å². The molecule has 0 aliphatic heterocycles. The summed E-state index contributed by atoms with van der Waals surface area (Å²) in [5.41, 5.74) is 1.00. The molecule has 0 unspecified atom stereocenters. The van der Waals surface area contributed by atoms with Gasteiger partial charge in [0.25, 0.3) is 5.91 Å². The van der Waals surface area contributed by atoms with Crippen molar-refractivity contribution in [1.82, 2.24) is 15.6 Å². The number of benzene rings is 1. The molecule has 0 aliphatic rings. The van der Waals surface area contributed by atoms with Crippen LogP contribution in [0.1, 0.15) is 15.9 Å². The summed E-state index contributed by atoms with van der Waals surface area (Å²) >= 11 is 0. The molecule has 0 saturated carbocycles. The molecule has 10 heteroatoms. The van der Waals surface area contributed by atoms with Crippen molar-refractivity contribution in [3.05, 3.63) is 47.7 Å². The maximum Gasteiger partial charge on any atom is 0.387 e. The molecule has 0 fully saturated rings. The van der Waals surface area contributed by atoms with E-state index in [-0.39, 0.29) is 36.1 Å². The fraction of sp³-hybridized carbons (Fsp3) is 0.316. The largest absolute Gasteiger partial charge is 0.493 e. The minimum absolute atomic E-state index is 0.0169. The summed E-state index contributed by atoms with van der Waals surface area (Å²) in [6, 6.07) is 7.37. The van der Waals surface area contributed by atoms with E-state index in [4.69, 9.17) is 4.74 Å². The lowest BCUT2D eigenvalue weighted by Gasteiger charge is -2.13. The second kappa shape index (κ2) is 10.2. The van der Waals surface area contributed by atoms with Gasteiger partial charge >= 0.3 is 6.61 Å². The van der Waals surface area contributed by atoms with E-state index in [1.165, 1.54) is 25.3 Å². The molecule has 1 heterocycles. The third-order valence-electron chi connectivity index (χ3n) is 3.81. The van der Waals surface area contributed by atoms with Gasteiger partial charge in [-0.2, -0.15) is 8.78 Å². The van der Waals surface area contributed by atoms with Gasteiger partial charge in [-0.15, -0.1) is 0 Å². The number of rotatable bonds is 9. The first-order chi connectivity index (χ1) is 13.8. The summed E-state index contributed by atoms with van der Waals surface area (Å²) in [4.78, 5) is 30.2. The summed E-state index contributed by atoms with van der Waals surface area (Å²) in [6.07, 6.45) is 1.65. The highest BCUT2D eigenvalue weighted by atomic mass is 19.3. The zero-order valence-electron chi connectivity index (χ0n) is 16.2. The molecule has 2 rings (SSSR count).